The second kappa shape index (κ2) is 42.0. The fourth-order valence-corrected chi connectivity index (χ4v) is 8.43. The number of nitrogens with one attached hydrogen (secondary N) is 2. The smallest absolute Gasteiger partial charge is 0.870 e. The van der Waals surface area contributed by atoms with Crippen LogP contribution in [0, 0.1) is 17.2 Å². The maximum absolute atomic E-state index is 12.0. The summed E-state index contributed by atoms with van der Waals surface area (Å²) in [5.74, 6) is 0.986. The molecule has 0 radical (unpaired) electrons. The van der Waals surface area contributed by atoms with Gasteiger partial charge in [0.1, 0.15) is 17.5 Å². The molecule has 0 amide bonds. The summed E-state index contributed by atoms with van der Waals surface area (Å²) < 4.78 is 15.6. The fraction of sp³-hybridized carbons (Fsp3) is 0.232. The van der Waals surface area contributed by atoms with Crippen molar-refractivity contribution in [1.82, 2.24) is 44.3 Å². The van der Waals surface area contributed by atoms with Crippen LogP contribution >= 0.6 is 28.3 Å². The van der Waals surface area contributed by atoms with Gasteiger partial charge in [0.15, 0.2) is 5.78 Å². The first-order valence-electron chi connectivity index (χ1n) is 29.0. The van der Waals surface area contributed by atoms with E-state index in [0.717, 1.165) is 52.0 Å². The molecule has 0 unspecified atom stereocenters. The summed E-state index contributed by atoms with van der Waals surface area (Å²) in [5.41, 5.74) is 19.5. The van der Waals surface area contributed by atoms with E-state index < -0.39 is 11.9 Å². The van der Waals surface area contributed by atoms with Gasteiger partial charge >= 0.3 is 47.5 Å². The van der Waals surface area contributed by atoms with E-state index in [2.05, 4.69) is 103 Å². The van der Waals surface area contributed by atoms with Crippen molar-refractivity contribution in [2.75, 3.05) is 37.1 Å². The number of esters is 2. The number of hydrogen-bond donors (Lipinski definition) is 5. The first-order chi connectivity index (χ1) is 43.7. The summed E-state index contributed by atoms with van der Waals surface area (Å²) in [6, 6.07) is 51.5. The van der Waals surface area contributed by atoms with Crippen LogP contribution < -0.4 is 51.7 Å². The molecule has 25 heteroatoms. The third kappa shape index (κ3) is 24.9. The predicted molar refractivity (Wildman–Crippen MR) is 369 cm³/mol. The summed E-state index contributed by atoms with van der Waals surface area (Å²) in [5, 5.41) is 37.8. The number of nitrogen functional groups attached to an aromatic ring is 1. The van der Waals surface area contributed by atoms with Crippen LogP contribution in [0.4, 0.5) is 28.8 Å². The van der Waals surface area contributed by atoms with Gasteiger partial charge in [0.25, 0.3) is 0 Å². The Morgan fingerprint density at radius 2 is 0.915 bits per heavy atom. The molecule has 0 saturated carbocycles. The molecule has 0 bridgehead atoms. The zero-order valence-electron chi connectivity index (χ0n) is 54.5. The van der Waals surface area contributed by atoms with E-state index >= 15 is 0 Å². The van der Waals surface area contributed by atoms with Gasteiger partial charge in [-0.2, -0.15) is 20.6 Å². The Morgan fingerprint density at radius 3 is 1.28 bits per heavy atom. The quantitative estimate of drug-likeness (QED) is 0.0341. The summed E-state index contributed by atoms with van der Waals surface area (Å²) in [6.45, 7) is 17.3. The van der Waals surface area contributed by atoms with Crippen LogP contribution in [0.3, 0.4) is 0 Å². The van der Waals surface area contributed by atoms with Crippen LogP contribution in [0.15, 0.2) is 199 Å². The van der Waals surface area contributed by atoms with Gasteiger partial charge in [0.2, 0.25) is 0 Å². The molecular weight excluding hydrogens is 1290 g/mol. The van der Waals surface area contributed by atoms with Crippen LogP contribution in [0.25, 0.3) is 33.8 Å². The summed E-state index contributed by atoms with van der Waals surface area (Å²) in [6.07, 6.45) is 9.18. The molecule has 4 aromatic carbocycles. The van der Waals surface area contributed by atoms with Crippen molar-refractivity contribution in [1.29, 1.82) is 5.26 Å². The number of hydrogen-bond acceptors (Lipinski definition) is 18. The van der Waals surface area contributed by atoms with Gasteiger partial charge in [-0.25, -0.2) is 28.4 Å². The normalized spacial score (nSPS) is 9.95. The van der Waals surface area contributed by atoms with E-state index in [1.165, 1.54) is 38.9 Å². The topological polar surface area (TPSA) is 329 Å². The number of benzene rings is 4. The van der Waals surface area contributed by atoms with Crippen LogP contribution in [0.1, 0.15) is 121 Å². The van der Waals surface area contributed by atoms with Crippen molar-refractivity contribution in [3.8, 4) is 39.8 Å². The molecule has 22 nitrogen and oxygen atoms in total. The number of halogens is 2. The van der Waals surface area contributed by atoms with Crippen molar-refractivity contribution < 1.29 is 68.8 Å². The fourth-order valence-electron chi connectivity index (χ4n) is 8.02. The molecule has 0 saturated heterocycles. The number of carbonyl (C=O) groups excluding carboxylic acids is 3. The monoisotopic (exact) mass is 1370 g/mol. The number of aromatic carboxylic acids is 1. The second-order valence-corrected chi connectivity index (χ2v) is 21.8. The van der Waals surface area contributed by atoms with Crippen molar-refractivity contribution in [3.05, 3.63) is 222 Å². The Labute approximate surface area is 585 Å². The first-order valence-corrected chi connectivity index (χ1v) is 29.8. The van der Waals surface area contributed by atoms with Crippen molar-refractivity contribution in [2.45, 2.75) is 79.9 Å². The van der Waals surface area contributed by atoms with E-state index in [1.54, 1.807) is 55.0 Å². The Kier molecular flexibility index (Phi) is 36.0. The minimum atomic E-state index is -1.00. The molecule has 10 aromatic rings. The molecule has 488 valence electrons. The van der Waals surface area contributed by atoms with Gasteiger partial charge in [-0.05, 0) is 88.1 Å². The molecule has 0 atom stereocenters. The predicted octanol–water partition coefficient (Wildman–Crippen LogP) is 12.0. The number of anilines is 5. The van der Waals surface area contributed by atoms with Crippen molar-refractivity contribution in [3.63, 3.8) is 0 Å². The van der Waals surface area contributed by atoms with E-state index in [1.807, 2.05) is 149 Å². The zero-order valence-corrected chi connectivity index (χ0v) is 58.9. The number of methoxy groups -OCH3 is 2. The summed E-state index contributed by atoms with van der Waals surface area (Å²) in [7, 11) is 2.70. The Morgan fingerprint density at radius 1 is 0.564 bits per heavy atom. The van der Waals surface area contributed by atoms with E-state index in [0.29, 0.717) is 50.3 Å². The molecular formula is C69H79BrClN14NaO8. The van der Waals surface area contributed by atoms with E-state index in [4.69, 9.17) is 21.5 Å². The van der Waals surface area contributed by atoms with Gasteiger partial charge in [-0.1, -0.05) is 135 Å². The number of Topliss-reactive ketones (excluding diaryl/α,β-unsaturated/α-hetero) is 1. The van der Waals surface area contributed by atoms with Gasteiger partial charge in [0.05, 0.1) is 88.7 Å². The number of nitriles is 1. The number of aromatic nitrogens is 9. The van der Waals surface area contributed by atoms with Gasteiger partial charge in [-0.15, -0.1) is 12.4 Å². The average molecular weight is 1370 g/mol. The summed E-state index contributed by atoms with van der Waals surface area (Å²) >= 11 is 3.17. The first kappa shape index (κ1) is 80.7. The molecule has 94 heavy (non-hydrogen) atoms. The number of nitrogens with two attached hydrogens (primary N) is 2. The number of carboxylic acids is 1. The number of ether oxygens (including phenoxy) is 2. The Hall–Kier alpha value is -9.38. The standard InChI is InChI=1S/C19H20N4O2.C18H18N4O2.C12H15N3.C9H7NO.C7H6BrNO2.C4H11N.ClH.Na.H2O/c1-13(2)23-18(11-16(22-23)14-7-5-4-6-8-14)21-17-12-20-10-9-15(17)19(24)25-3;1-12(2)22-17(10-15(21-22)13-6-4-3-5-7-13)20-16-11-19-9-8-14(16)18(23)24;1-9(2)15-12(13)8-11(14-15)10-6-4-3-5-7-10;10-7-6-9(11)8-4-2-1-3-5-8;1-11-7(10)5-2-3-9-4-6(5)8;1-4(2)3-5;;;/h4-13,21H,1-3H3;3-12,20H,1-2H3,(H,23,24);3-9H,13H2,1-2H3;1-5H,6H2;2-4H,1H3;4H,3,5H2,1-2H3;1H;;1H2/q;;;;;;;+1;/p-1. The third-order valence-corrected chi connectivity index (χ3v) is 13.3. The Balaban J connectivity index is 0.000000404. The molecule has 6 heterocycles. The second-order valence-electron chi connectivity index (χ2n) is 21.0. The van der Waals surface area contributed by atoms with E-state index in [-0.39, 0.29) is 83.3 Å². The SMILES string of the molecule is CC(C)CN.CC(C)n1nc(-c2ccccc2)cc1N.CC(C)n1nc(-c2ccccc2)cc1Nc1cnccc1C(=O)O.COC(=O)c1ccncc1Br.COC(=O)c1ccncc1Nc1cc(-c2ccccc2)nn1C(C)C.Cl.N#CCC(=O)c1ccccc1.[Na+].[OH-]. The van der Waals surface area contributed by atoms with Gasteiger partial charge in [-0.3, -0.25) is 19.7 Å². The Bertz CT molecular complexity index is 3940. The number of nitrogens with zero attached hydrogens (tertiary/aromatic N) is 10. The maximum atomic E-state index is 12.0. The van der Waals surface area contributed by atoms with Crippen molar-refractivity contribution in [2.24, 2.45) is 11.7 Å². The molecule has 0 aliphatic carbocycles. The molecule has 0 fully saturated rings. The third-order valence-electron chi connectivity index (χ3n) is 12.7. The van der Waals surface area contributed by atoms with Crippen LogP contribution in [0.5, 0.6) is 0 Å². The number of pyridine rings is 3. The molecule has 6 aromatic heterocycles. The summed E-state index contributed by atoms with van der Waals surface area (Å²) in [4.78, 5) is 57.2. The largest absolute Gasteiger partial charge is 1.00 e. The molecule has 0 aliphatic heterocycles. The number of rotatable bonds is 16. The molecule has 0 spiro atoms. The maximum Gasteiger partial charge on any atom is 1.00 e. The molecule has 10 rings (SSSR count). The molecule has 8 N–H and O–H groups in total. The zero-order chi connectivity index (χ0) is 66.4. The average Bonchev–Trinajstić information content (AvgIpc) is 1.71. The van der Waals surface area contributed by atoms with Gasteiger partial charge < -0.3 is 42.2 Å². The van der Waals surface area contributed by atoms with Crippen LogP contribution in [0.2, 0.25) is 0 Å². The van der Waals surface area contributed by atoms with E-state index in [9.17, 15) is 24.3 Å². The van der Waals surface area contributed by atoms with Gasteiger partial charge in [0, 0.05) is 83.4 Å². The number of carbonyl (C=O) groups is 4. The minimum Gasteiger partial charge on any atom is -0.870 e. The molecule has 0 aliphatic rings. The minimum absolute atomic E-state index is 0. The van der Waals surface area contributed by atoms with Crippen LogP contribution in [-0.4, -0.2) is 99.3 Å². The van der Waals surface area contributed by atoms with Crippen LogP contribution in [-0.2, 0) is 9.47 Å². The number of ketones is 1. The van der Waals surface area contributed by atoms with Crippen molar-refractivity contribution >= 4 is 80.9 Å². The number of carboxylic acid groups (broad SMARTS) is 1.